The van der Waals surface area contributed by atoms with Gasteiger partial charge in [-0.1, -0.05) is 0 Å². The predicted molar refractivity (Wildman–Crippen MR) is 74.3 cm³/mol. The van der Waals surface area contributed by atoms with E-state index in [-0.39, 0.29) is 18.6 Å². The summed E-state index contributed by atoms with van der Waals surface area (Å²) in [7, 11) is 0. The first-order valence-corrected chi connectivity index (χ1v) is 6.61. The van der Waals surface area contributed by atoms with E-state index in [1.807, 2.05) is 0 Å². The number of aliphatic hydroxyl groups excluding tert-OH is 1. The maximum atomic E-state index is 11.7. The molecule has 0 aliphatic carbocycles. The molecule has 0 bridgehead atoms. The Bertz CT molecular complexity index is 462. The summed E-state index contributed by atoms with van der Waals surface area (Å²) in [6.07, 6.45) is 1.97. The molecule has 3 N–H and O–H groups in total. The Labute approximate surface area is 113 Å². The monoisotopic (exact) mass is 264 g/mol. The molecule has 1 aliphatic heterocycles. The quantitative estimate of drug-likeness (QED) is 0.635. The Hall–Kier alpha value is -1.75. The maximum Gasteiger partial charge on any atom is 0.338 e. The van der Waals surface area contributed by atoms with Crippen molar-refractivity contribution in [2.24, 2.45) is 0 Å². The molecule has 19 heavy (non-hydrogen) atoms. The maximum absolute atomic E-state index is 11.7. The van der Waals surface area contributed by atoms with Crippen molar-refractivity contribution < 1.29 is 14.6 Å². The first-order chi connectivity index (χ1) is 9.17. The normalized spacial score (nSPS) is 18.6. The van der Waals surface area contributed by atoms with Gasteiger partial charge in [-0.25, -0.2) is 4.79 Å². The number of ether oxygens (including phenoxy) is 1. The zero-order valence-electron chi connectivity index (χ0n) is 11.1. The van der Waals surface area contributed by atoms with Gasteiger partial charge in [-0.15, -0.1) is 0 Å². The zero-order chi connectivity index (χ0) is 13.8. The molecule has 0 amide bonds. The highest BCUT2D eigenvalue weighted by molar-refractivity contribution is 5.92. The number of anilines is 2. The Morgan fingerprint density at radius 1 is 1.58 bits per heavy atom. The van der Waals surface area contributed by atoms with Crippen molar-refractivity contribution in [3.8, 4) is 0 Å². The molecule has 1 aliphatic rings. The molecule has 104 valence electrons. The fourth-order valence-electron chi connectivity index (χ4n) is 2.48. The largest absolute Gasteiger partial charge is 0.462 e. The van der Waals surface area contributed by atoms with Crippen LogP contribution in [0.25, 0.3) is 0 Å². The number of aliphatic hydroxyl groups is 1. The lowest BCUT2D eigenvalue weighted by Gasteiger charge is -2.27. The van der Waals surface area contributed by atoms with Gasteiger partial charge in [0.15, 0.2) is 0 Å². The van der Waals surface area contributed by atoms with E-state index < -0.39 is 0 Å². The average Bonchev–Trinajstić information content (AvgIpc) is 2.87. The number of carbonyl (C=O) groups is 1. The molecule has 1 aromatic rings. The van der Waals surface area contributed by atoms with Gasteiger partial charge in [0, 0.05) is 6.54 Å². The summed E-state index contributed by atoms with van der Waals surface area (Å²) in [5, 5.41) is 9.38. The summed E-state index contributed by atoms with van der Waals surface area (Å²) in [5.74, 6) is -0.344. The van der Waals surface area contributed by atoms with Crippen LogP contribution in [0.2, 0.25) is 0 Å². The summed E-state index contributed by atoms with van der Waals surface area (Å²) >= 11 is 0. The van der Waals surface area contributed by atoms with Crippen LogP contribution >= 0.6 is 0 Å². The van der Waals surface area contributed by atoms with Gasteiger partial charge in [-0.3, -0.25) is 0 Å². The van der Waals surface area contributed by atoms with E-state index in [1.54, 1.807) is 25.1 Å². The van der Waals surface area contributed by atoms with E-state index in [0.717, 1.165) is 25.1 Å². The Balaban J connectivity index is 2.29. The molecule has 0 spiro atoms. The second kappa shape index (κ2) is 5.93. The van der Waals surface area contributed by atoms with Crippen molar-refractivity contribution in [1.82, 2.24) is 0 Å². The first-order valence-electron chi connectivity index (χ1n) is 6.61. The van der Waals surface area contributed by atoms with Crippen LogP contribution in [0.3, 0.4) is 0 Å². The molecule has 0 saturated carbocycles. The number of carbonyl (C=O) groups excluding carboxylic acids is 1. The number of rotatable bonds is 4. The molecule has 1 aromatic carbocycles. The number of hydrogen-bond donors (Lipinski definition) is 2. The number of nitrogens with two attached hydrogens (primary N) is 1. The molecule has 1 unspecified atom stereocenters. The predicted octanol–water partition coefficient (Wildman–Crippen LogP) is 1.41. The SMILES string of the molecule is CCOC(=O)c1ccc(N)c(N2CCCC2CO)c1. The molecule has 0 aromatic heterocycles. The van der Waals surface area contributed by atoms with Crippen LogP contribution in [-0.4, -0.2) is 36.9 Å². The van der Waals surface area contributed by atoms with E-state index in [0.29, 0.717) is 17.9 Å². The summed E-state index contributed by atoms with van der Waals surface area (Å²) in [6.45, 7) is 3.07. The topological polar surface area (TPSA) is 75.8 Å². The van der Waals surface area contributed by atoms with E-state index in [9.17, 15) is 9.90 Å². The van der Waals surface area contributed by atoms with Crippen LogP contribution < -0.4 is 10.6 Å². The van der Waals surface area contributed by atoms with E-state index in [1.165, 1.54) is 0 Å². The fraction of sp³-hybridized carbons (Fsp3) is 0.500. The van der Waals surface area contributed by atoms with E-state index >= 15 is 0 Å². The van der Waals surface area contributed by atoms with Crippen LogP contribution in [0.15, 0.2) is 18.2 Å². The third kappa shape index (κ3) is 2.81. The minimum atomic E-state index is -0.344. The highest BCUT2D eigenvalue weighted by Gasteiger charge is 2.26. The molecule has 2 rings (SSSR count). The van der Waals surface area contributed by atoms with E-state index in [4.69, 9.17) is 10.5 Å². The molecule has 1 fully saturated rings. The van der Waals surface area contributed by atoms with Gasteiger partial charge in [0.05, 0.1) is 36.2 Å². The van der Waals surface area contributed by atoms with Gasteiger partial charge < -0.3 is 20.5 Å². The summed E-state index contributed by atoms with van der Waals surface area (Å²) in [4.78, 5) is 13.8. The second-order valence-electron chi connectivity index (χ2n) is 4.67. The lowest BCUT2D eigenvalue weighted by atomic mass is 10.1. The Morgan fingerprint density at radius 2 is 2.37 bits per heavy atom. The number of esters is 1. The van der Waals surface area contributed by atoms with Gasteiger partial charge >= 0.3 is 5.97 Å². The Morgan fingerprint density at radius 3 is 3.05 bits per heavy atom. The second-order valence-corrected chi connectivity index (χ2v) is 4.67. The van der Waals surface area contributed by atoms with Gasteiger partial charge in [-0.2, -0.15) is 0 Å². The van der Waals surface area contributed by atoms with Crippen molar-refractivity contribution >= 4 is 17.3 Å². The standard InChI is InChI=1S/C14H20N2O3/c1-2-19-14(18)10-5-6-12(15)13(8-10)16-7-3-4-11(16)9-17/h5-6,8,11,17H,2-4,7,9,15H2,1H3. The molecule has 1 heterocycles. The zero-order valence-corrected chi connectivity index (χ0v) is 11.1. The van der Waals surface area contributed by atoms with Crippen molar-refractivity contribution in [3.05, 3.63) is 23.8 Å². The van der Waals surface area contributed by atoms with Crippen molar-refractivity contribution in [3.63, 3.8) is 0 Å². The lowest BCUT2D eigenvalue weighted by Crippen LogP contribution is -2.32. The molecular weight excluding hydrogens is 244 g/mol. The molecule has 1 atom stereocenters. The summed E-state index contributed by atoms with van der Waals surface area (Å²) < 4.78 is 4.99. The Kier molecular flexibility index (Phi) is 4.27. The smallest absolute Gasteiger partial charge is 0.338 e. The highest BCUT2D eigenvalue weighted by Crippen LogP contribution is 2.31. The molecule has 1 saturated heterocycles. The number of benzene rings is 1. The van der Waals surface area contributed by atoms with Crippen molar-refractivity contribution in [2.75, 3.05) is 30.4 Å². The van der Waals surface area contributed by atoms with E-state index in [2.05, 4.69) is 4.90 Å². The van der Waals surface area contributed by atoms with Crippen LogP contribution in [0.1, 0.15) is 30.1 Å². The molecule has 0 radical (unpaired) electrons. The molecular formula is C14H20N2O3. The minimum absolute atomic E-state index is 0.0831. The third-order valence-electron chi connectivity index (χ3n) is 3.44. The number of nitrogen functional groups attached to an aromatic ring is 1. The number of hydrogen-bond acceptors (Lipinski definition) is 5. The minimum Gasteiger partial charge on any atom is -0.462 e. The molecule has 5 nitrogen and oxygen atoms in total. The van der Waals surface area contributed by atoms with Crippen molar-refractivity contribution in [2.45, 2.75) is 25.8 Å². The van der Waals surface area contributed by atoms with Crippen LogP contribution in [0.4, 0.5) is 11.4 Å². The fourth-order valence-corrected chi connectivity index (χ4v) is 2.48. The highest BCUT2D eigenvalue weighted by atomic mass is 16.5. The van der Waals surface area contributed by atoms with Gasteiger partial charge in [0.2, 0.25) is 0 Å². The average molecular weight is 264 g/mol. The van der Waals surface area contributed by atoms with Crippen LogP contribution in [0.5, 0.6) is 0 Å². The van der Waals surface area contributed by atoms with Gasteiger partial charge in [0.1, 0.15) is 0 Å². The summed E-state index contributed by atoms with van der Waals surface area (Å²) in [5.41, 5.74) is 7.91. The van der Waals surface area contributed by atoms with Gasteiger partial charge in [0.25, 0.3) is 0 Å². The lowest BCUT2D eigenvalue weighted by molar-refractivity contribution is 0.0526. The van der Waals surface area contributed by atoms with Crippen molar-refractivity contribution in [1.29, 1.82) is 0 Å². The summed E-state index contributed by atoms with van der Waals surface area (Å²) in [6, 6.07) is 5.22. The van der Waals surface area contributed by atoms with Crippen LogP contribution in [-0.2, 0) is 4.74 Å². The number of nitrogens with zero attached hydrogens (tertiary/aromatic N) is 1. The molecule has 5 heteroatoms. The van der Waals surface area contributed by atoms with Crippen LogP contribution in [0, 0.1) is 0 Å². The van der Waals surface area contributed by atoms with Gasteiger partial charge in [-0.05, 0) is 38.0 Å². The third-order valence-corrected chi connectivity index (χ3v) is 3.44. The first kappa shape index (κ1) is 13.7.